The minimum absolute atomic E-state index is 0.0420. The number of thiol groups is 1. The van der Waals surface area contributed by atoms with Gasteiger partial charge in [-0.1, -0.05) is 57.8 Å². The molecule has 4 N–H and O–H groups in total. The number of urea groups is 1. The summed E-state index contributed by atoms with van der Waals surface area (Å²) in [5.41, 5.74) is 0. The van der Waals surface area contributed by atoms with Crippen molar-refractivity contribution in [3.8, 4) is 0 Å². The standard InChI is InChI=1S/C28H54N4O5S/c1-24-25(32-28(35)31-24)14-10-9-12-16-27(34)30-18-20-37-22-21-36-19-17-29-26(33)15-11-7-5-3-2-4-6-8-13-23-38/h24-25,38H,2-23H2,1H3,(H,29,33)(H,30,34)(H2,31,32,35). The second-order valence-corrected chi connectivity index (χ2v) is 10.6. The van der Waals surface area contributed by atoms with Gasteiger partial charge in [0.05, 0.1) is 32.5 Å². The molecule has 0 radical (unpaired) electrons. The summed E-state index contributed by atoms with van der Waals surface area (Å²) in [6.45, 7) is 4.87. The third-order valence-electron chi connectivity index (χ3n) is 6.77. The fraction of sp³-hybridized carbons (Fsp3) is 0.893. The largest absolute Gasteiger partial charge is 0.377 e. The van der Waals surface area contributed by atoms with Crippen LogP contribution in [0.1, 0.15) is 103 Å². The van der Waals surface area contributed by atoms with E-state index in [1.807, 2.05) is 6.92 Å². The Kier molecular flexibility index (Phi) is 22.3. The molecule has 1 heterocycles. The van der Waals surface area contributed by atoms with Crippen molar-refractivity contribution in [2.24, 2.45) is 0 Å². The quantitative estimate of drug-likeness (QED) is 0.0809. The molecule has 2 unspecified atom stereocenters. The molecule has 1 aliphatic rings. The number of hydrogen-bond acceptors (Lipinski definition) is 6. The third kappa shape index (κ3) is 20.4. The summed E-state index contributed by atoms with van der Waals surface area (Å²) >= 11 is 4.23. The number of unbranched alkanes of at least 4 members (excludes halogenated alkanes) is 10. The van der Waals surface area contributed by atoms with E-state index in [-0.39, 0.29) is 29.9 Å². The lowest BCUT2D eigenvalue weighted by Gasteiger charge is -2.13. The number of rotatable bonds is 26. The second-order valence-electron chi connectivity index (χ2n) is 10.2. The molecule has 9 nitrogen and oxygen atoms in total. The highest BCUT2D eigenvalue weighted by molar-refractivity contribution is 7.80. The molecule has 0 aromatic carbocycles. The Balaban J connectivity index is 1.76. The van der Waals surface area contributed by atoms with Crippen LogP contribution in [0.15, 0.2) is 0 Å². The van der Waals surface area contributed by atoms with Gasteiger partial charge in [0.15, 0.2) is 0 Å². The number of hydrogen-bond donors (Lipinski definition) is 5. The topological polar surface area (TPSA) is 118 Å². The summed E-state index contributed by atoms with van der Waals surface area (Å²) in [6.07, 6.45) is 15.9. The monoisotopic (exact) mass is 558 g/mol. The molecule has 0 aromatic rings. The van der Waals surface area contributed by atoms with E-state index in [2.05, 4.69) is 33.9 Å². The van der Waals surface area contributed by atoms with Gasteiger partial charge in [-0.3, -0.25) is 9.59 Å². The van der Waals surface area contributed by atoms with Crippen LogP contribution in [-0.2, 0) is 19.1 Å². The lowest BCUT2D eigenvalue weighted by Crippen LogP contribution is -2.30. The Morgan fingerprint density at radius 2 is 1.18 bits per heavy atom. The average molecular weight is 559 g/mol. The fourth-order valence-electron chi connectivity index (χ4n) is 4.45. The zero-order valence-electron chi connectivity index (χ0n) is 23.7. The van der Waals surface area contributed by atoms with E-state index in [0.29, 0.717) is 52.4 Å². The van der Waals surface area contributed by atoms with Crippen LogP contribution in [0, 0.1) is 0 Å². The average Bonchev–Trinajstić information content (AvgIpc) is 3.22. The Morgan fingerprint density at radius 3 is 1.66 bits per heavy atom. The van der Waals surface area contributed by atoms with Crippen molar-refractivity contribution in [3.63, 3.8) is 0 Å². The van der Waals surface area contributed by atoms with Gasteiger partial charge in [-0.2, -0.15) is 12.6 Å². The summed E-state index contributed by atoms with van der Waals surface area (Å²) < 4.78 is 11.0. The van der Waals surface area contributed by atoms with Crippen LogP contribution in [-0.4, -0.2) is 75.2 Å². The molecule has 0 aromatic heterocycles. The highest BCUT2D eigenvalue weighted by Gasteiger charge is 2.26. The Hall–Kier alpha value is -1.52. The van der Waals surface area contributed by atoms with E-state index < -0.39 is 0 Å². The van der Waals surface area contributed by atoms with Gasteiger partial charge in [0.2, 0.25) is 11.8 Å². The van der Waals surface area contributed by atoms with Crippen molar-refractivity contribution < 1.29 is 23.9 Å². The Bertz CT molecular complexity index is 626. The van der Waals surface area contributed by atoms with Crippen molar-refractivity contribution in [2.75, 3.05) is 45.3 Å². The smallest absolute Gasteiger partial charge is 0.315 e. The van der Waals surface area contributed by atoms with Crippen LogP contribution < -0.4 is 21.3 Å². The van der Waals surface area contributed by atoms with Gasteiger partial charge in [0.25, 0.3) is 0 Å². The summed E-state index contributed by atoms with van der Waals surface area (Å²) in [5, 5.41) is 11.5. The highest BCUT2D eigenvalue weighted by Crippen LogP contribution is 2.12. The molecule has 1 rings (SSSR count). The van der Waals surface area contributed by atoms with Gasteiger partial charge in [-0.15, -0.1) is 0 Å². The summed E-state index contributed by atoms with van der Waals surface area (Å²) in [6, 6.07) is 0.265. The molecule has 0 bridgehead atoms. The van der Waals surface area contributed by atoms with Crippen LogP contribution in [0.4, 0.5) is 4.79 Å². The predicted molar refractivity (Wildman–Crippen MR) is 156 cm³/mol. The van der Waals surface area contributed by atoms with Crippen LogP contribution >= 0.6 is 12.6 Å². The van der Waals surface area contributed by atoms with Crippen molar-refractivity contribution in [1.82, 2.24) is 21.3 Å². The van der Waals surface area contributed by atoms with Gasteiger partial charge in [0.1, 0.15) is 0 Å². The molecule has 0 saturated carbocycles. The molecular formula is C28H54N4O5S. The molecule has 1 fully saturated rings. The van der Waals surface area contributed by atoms with Crippen LogP contribution in [0.5, 0.6) is 0 Å². The van der Waals surface area contributed by atoms with Gasteiger partial charge in [0, 0.05) is 32.0 Å². The number of nitrogens with one attached hydrogen (secondary N) is 4. The molecular weight excluding hydrogens is 504 g/mol. The molecule has 1 aliphatic heterocycles. The zero-order chi connectivity index (χ0) is 27.7. The first-order valence-electron chi connectivity index (χ1n) is 14.9. The maximum Gasteiger partial charge on any atom is 0.315 e. The Morgan fingerprint density at radius 1 is 0.711 bits per heavy atom. The molecule has 1 saturated heterocycles. The summed E-state index contributed by atoms with van der Waals surface area (Å²) in [7, 11) is 0. The highest BCUT2D eigenvalue weighted by atomic mass is 32.1. The zero-order valence-corrected chi connectivity index (χ0v) is 24.6. The van der Waals surface area contributed by atoms with Crippen molar-refractivity contribution in [2.45, 2.75) is 115 Å². The van der Waals surface area contributed by atoms with E-state index in [9.17, 15) is 14.4 Å². The van der Waals surface area contributed by atoms with Gasteiger partial charge in [-0.25, -0.2) is 4.79 Å². The molecule has 4 amide bonds. The van der Waals surface area contributed by atoms with Crippen molar-refractivity contribution in [3.05, 3.63) is 0 Å². The van der Waals surface area contributed by atoms with E-state index in [1.165, 1.54) is 44.9 Å². The minimum Gasteiger partial charge on any atom is -0.377 e. The molecule has 0 aliphatic carbocycles. The summed E-state index contributed by atoms with van der Waals surface area (Å²) in [5.74, 6) is 1.14. The van der Waals surface area contributed by atoms with Crippen LogP contribution in [0.3, 0.4) is 0 Å². The number of carbonyl (C=O) groups excluding carboxylic acids is 3. The van der Waals surface area contributed by atoms with Crippen LogP contribution in [0.25, 0.3) is 0 Å². The molecule has 0 spiro atoms. The van der Waals surface area contributed by atoms with E-state index in [0.717, 1.165) is 44.3 Å². The van der Waals surface area contributed by atoms with Gasteiger partial charge >= 0.3 is 6.03 Å². The summed E-state index contributed by atoms with van der Waals surface area (Å²) in [4.78, 5) is 35.0. The SMILES string of the molecule is CC1NC(=O)NC1CCCCCC(=O)NCCOCCOCCNC(=O)CCCCCCCCCCCS. The van der Waals surface area contributed by atoms with E-state index in [4.69, 9.17) is 9.47 Å². The lowest BCUT2D eigenvalue weighted by molar-refractivity contribution is -0.122. The minimum atomic E-state index is -0.0899. The predicted octanol–water partition coefficient (Wildman–Crippen LogP) is 4.10. The molecule has 10 heteroatoms. The maximum absolute atomic E-state index is 11.9. The first-order chi connectivity index (χ1) is 18.5. The number of amides is 4. The first-order valence-corrected chi connectivity index (χ1v) is 15.5. The second kappa shape index (κ2) is 24.5. The van der Waals surface area contributed by atoms with E-state index in [1.54, 1.807) is 0 Å². The molecule has 222 valence electrons. The molecule has 38 heavy (non-hydrogen) atoms. The van der Waals surface area contributed by atoms with Crippen molar-refractivity contribution in [1.29, 1.82) is 0 Å². The Labute approximate surface area is 236 Å². The first kappa shape index (κ1) is 34.5. The van der Waals surface area contributed by atoms with Gasteiger partial charge < -0.3 is 30.7 Å². The lowest BCUT2D eigenvalue weighted by atomic mass is 10.0. The third-order valence-corrected chi connectivity index (χ3v) is 7.09. The maximum atomic E-state index is 11.9. The number of carbonyl (C=O) groups is 3. The van der Waals surface area contributed by atoms with Crippen molar-refractivity contribution >= 4 is 30.5 Å². The fourth-order valence-corrected chi connectivity index (χ4v) is 4.67. The van der Waals surface area contributed by atoms with E-state index >= 15 is 0 Å². The number of ether oxygens (including phenoxy) is 2. The molecule has 2 atom stereocenters. The normalized spacial score (nSPS) is 16.7. The van der Waals surface area contributed by atoms with Gasteiger partial charge in [-0.05, 0) is 38.4 Å². The van der Waals surface area contributed by atoms with Crippen LogP contribution in [0.2, 0.25) is 0 Å².